The van der Waals surface area contributed by atoms with E-state index in [-0.39, 0.29) is 5.88 Å². The van der Waals surface area contributed by atoms with Gasteiger partial charge in [-0.3, -0.25) is 0 Å². The van der Waals surface area contributed by atoms with E-state index in [0.717, 1.165) is 10.9 Å². The molecule has 0 aliphatic rings. The fourth-order valence-corrected chi connectivity index (χ4v) is 2.06. The Bertz CT molecular complexity index is 838. The van der Waals surface area contributed by atoms with Crippen LogP contribution in [0.4, 0.5) is 0 Å². The quantitative estimate of drug-likeness (QED) is 0.727. The van der Waals surface area contributed by atoms with E-state index >= 15 is 0 Å². The maximum atomic E-state index is 9.28. The van der Waals surface area contributed by atoms with Gasteiger partial charge in [-0.1, -0.05) is 30.3 Å². The summed E-state index contributed by atoms with van der Waals surface area (Å²) in [6.45, 7) is 0. The van der Waals surface area contributed by atoms with Crippen molar-refractivity contribution in [3.63, 3.8) is 0 Å². The van der Waals surface area contributed by atoms with E-state index < -0.39 is 0 Å². The topological polar surface area (TPSA) is 55.1 Å². The van der Waals surface area contributed by atoms with Crippen molar-refractivity contribution < 1.29 is 9.47 Å². The molecule has 4 nitrogen and oxygen atoms in total. The van der Waals surface area contributed by atoms with Gasteiger partial charge >= 0.3 is 0 Å². The zero-order valence-corrected chi connectivity index (χ0v) is 11.4. The lowest BCUT2D eigenvalue weighted by atomic mass is 10.1. The highest BCUT2D eigenvalue weighted by atomic mass is 16.5. The molecule has 0 aliphatic heterocycles. The molecule has 0 N–H and O–H groups in total. The minimum Gasteiger partial charge on any atom is -0.493 e. The van der Waals surface area contributed by atoms with Crippen molar-refractivity contribution in [3.05, 3.63) is 60.2 Å². The molecule has 0 saturated heterocycles. The van der Waals surface area contributed by atoms with Crippen LogP contribution in [0.1, 0.15) is 5.56 Å². The highest BCUT2D eigenvalue weighted by molar-refractivity contribution is 5.81. The predicted molar refractivity (Wildman–Crippen MR) is 79.5 cm³/mol. The number of fused-ring (bicyclic) bond motifs is 1. The van der Waals surface area contributed by atoms with Crippen LogP contribution in [0, 0.1) is 11.3 Å². The summed E-state index contributed by atoms with van der Waals surface area (Å²) in [5, 5.41) is 10.2. The first kappa shape index (κ1) is 12.9. The fraction of sp³-hybridized carbons (Fsp3) is 0.0588. The number of nitriles is 1. The molecule has 1 heterocycles. The molecule has 0 saturated carbocycles. The molecule has 102 valence electrons. The molecule has 1 aromatic heterocycles. The fourth-order valence-electron chi connectivity index (χ4n) is 2.06. The molecule has 0 radical (unpaired) electrons. The molecular formula is C17H12N2O2. The van der Waals surface area contributed by atoms with E-state index in [9.17, 15) is 5.26 Å². The number of methoxy groups -OCH3 is 1. The lowest BCUT2D eigenvalue weighted by molar-refractivity contribution is 0.374. The number of pyridine rings is 1. The molecule has 0 unspecified atom stereocenters. The highest BCUT2D eigenvalue weighted by Gasteiger charge is 2.11. The molecule has 4 heteroatoms. The van der Waals surface area contributed by atoms with Gasteiger partial charge in [-0.05, 0) is 24.3 Å². The molecule has 0 aliphatic carbocycles. The largest absolute Gasteiger partial charge is 0.493 e. The Hall–Kier alpha value is -3.06. The molecule has 2 aromatic carbocycles. The van der Waals surface area contributed by atoms with Gasteiger partial charge in [0, 0.05) is 5.39 Å². The Labute approximate surface area is 122 Å². The number of hydrogen-bond donors (Lipinski definition) is 0. The number of para-hydroxylation sites is 3. The first-order chi connectivity index (χ1) is 10.3. The first-order valence-electron chi connectivity index (χ1n) is 6.42. The summed E-state index contributed by atoms with van der Waals surface area (Å²) in [7, 11) is 1.57. The third-order valence-electron chi connectivity index (χ3n) is 3.09. The number of hydrogen-bond acceptors (Lipinski definition) is 4. The second-order valence-corrected chi connectivity index (χ2v) is 4.40. The van der Waals surface area contributed by atoms with Gasteiger partial charge in [-0.25, -0.2) is 4.98 Å². The van der Waals surface area contributed by atoms with Gasteiger partial charge < -0.3 is 9.47 Å². The van der Waals surface area contributed by atoms with E-state index in [4.69, 9.17) is 9.47 Å². The lowest BCUT2D eigenvalue weighted by Gasteiger charge is -2.10. The van der Waals surface area contributed by atoms with Crippen molar-refractivity contribution in [3.8, 4) is 23.4 Å². The highest BCUT2D eigenvalue weighted by Crippen LogP contribution is 2.32. The van der Waals surface area contributed by atoms with Gasteiger partial charge in [0.2, 0.25) is 5.88 Å². The standard InChI is InChI=1S/C17H12N2O2/c1-20-15-8-4-5-9-16(15)21-17-13(11-18)10-12-6-2-3-7-14(12)19-17/h2-10H,1H3. The molecule has 0 fully saturated rings. The lowest BCUT2D eigenvalue weighted by Crippen LogP contribution is -1.95. The van der Waals surface area contributed by atoms with Crippen LogP contribution in [-0.2, 0) is 0 Å². The molecule has 21 heavy (non-hydrogen) atoms. The summed E-state index contributed by atoms with van der Waals surface area (Å²) < 4.78 is 11.0. The maximum absolute atomic E-state index is 9.28. The SMILES string of the molecule is COc1ccccc1Oc1nc2ccccc2cc1C#N. The van der Waals surface area contributed by atoms with Crippen LogP contribution in [0.3, 0.4) is 0 Å². The van der Waals surface area contributed by atoms with Gasteiger partial charge in [-0.2, -0.15) is 5.26 Å². The molecule has 0 atom stereocenters. The summed E-state index contributed by atoms with van der Waals surface area (Å²) in [6.07, 6.45) is 0. The summed E-state index contributed by atoms with van der Waals surface area (Å²) in [5.41, 5.74) is 1.17. The van der Waals surface area contributed by atoms with E-state index in [1.807, 2.05) is 36.4 Å². The third-order valence-corrected chi connectivity index (χ3v) is 3.09. The van der Waals surface area contributed by atoms with Crippen LogP contribution in [0.2, 0.25) is 0 Å². The molecule has 0 amide bonds. The van der Waals surface area contributed by atoms with Crippen molar-refractivity contribution in [1.29, 1.82) is 5.26 Å². The van der Waals surface area contributed by atoms with Crippen LogP contribution < -0.4 is 9.47 Å². The van der Waals surface area contributed by atoms with Crippen molar-refractivity contribution in [2.24, 2.45) is 0 Å². The van der Waals surface area contributed by atoms with Gasteiger partial charge in [-0.15, -0.1) is 0 Å². The van der Waals surface area contributed by atoms with Crippen molar-refractivity contribution in [2.45, 2.75) is 0 Å². The predicted octanol–water partition coefficient (Wildman–Crippen LogP) is 3.91. The van der Waals surface area contributed by atoms with Crippen LogP contribution in [0.5, 0.6) is 17.4 Å². The zero-order chi connectivity index (χ0) is 14.7. The monoisotopic (exact) mass is 276 g/mol. The van der Waals surface area contributed by atoms with E-state index in [1.54, 1.807) is 25.3 Å². The second kappa shape index (κ2) is 5.51. The smallest absolute Gasteiger partial charge is 0.238 e. The summed E-state index contributed by atoms with van der Waals surface area (Å²) in [6, 6.07) is 18.7. The number of aromatic nitrogens is 1. The van der Waals surface area contributed by atoms with E-state index in [2.05, 4.69) is 11.1 Å². The van der Waals surface area contributed by atoms with Crippen LogP contribution in [0.25, 0.3) is 10.9 Å². The van der Waals surface area contributed by atoms with Crippen molar-refractivity contribution in [2.75, 3.05) is 7.11 Å². The summed E-state index contributed by atoms with van der Waals surface area (Å²) in [4.78, 5) is 4.42. The minimum absolute atomic E-state index is 0.278. The van der Waals surface area contributed by atoms with E-state index in [0.29, 0.717) is 17.1 Å². The average molecular weight is 276 g/mol. The Morgan fingerprint density at radius 3 is 2.48 bits per heavy atom. The normalized spacial score (nSPS) is 10.1. The summed E-state index contributed by atoms with van der Waals surface area (Å²) in [5.74, 6) is 1.40. The molecular weight excluding hydrogens is 264 g/mol. The van der Waals surface area contributed by atoms with Crippen molar-refractivity contribution in [1.82, 2.24) is 4.98 Å². The third kappa shape index (κ3) is 2.49. The molecule has 0 bridgehead atoms. The Balaban J connectivity index is 2.09. The summed E-state index contributed by atoms with van der Waals surface area (Å²) >= 11 is 0. The number of rotatable bonds is 3. The van der Waals surface area contributed by atoms with E-state index in [1.165, 1.54) is 0 Å². The second-order valence-electron chi connectivity index (χ2n) is 4.40. The number of ether oxygens (including phenoxy) is 2. The first-order valence-corrected chi connectivity index (χ1v) is 6.42. The average Bonchev–Trinajstić information content (AvgIpc) is 2.54. The molecule has 3 rings (SSSR count). The van der Waals surface area contributed by atoms with Crippen molar-refractivity contribution >= 4 is 10.9 Å². The number of benzene rings is 2. The Morgan fingerprint density at radius 2 is 1.71 bits per heavy atom. The van der Waals surface area contributed by atoms with Crippen LogP contribution in [0.15, 0.2) is 54.6 Å². The van der Waals surface area contributed by atoms with Crippen LogP contribution in [-0.4, -0.2) is 12.1 Å². The molecule has 3 aromatic rings. The van der Waals surface area contributed by atoms with Gasteiger partial charge in [0.05, 0.1) is 12.6 Å². The number of nitrogens with zero attached hydrogens (tertiary/aromatic N) is 2. The Morgan fingerprint density at radius 1 is 1.00 bits per heavy atom. The van der Waals surface area contributed by atoms with Gasteiger partial charge in [0.1, 0.15) is 11.6 Å². The maximum Gasteiger partial charge on any atom is 0.238 e. The van der Waals surface area contributed by atoms with Crippen LogP contribution >= 0.6 is 0 Å². The minimum atomic E-state index is 0.278. The molecule has 0 spiro atoms. The van der Waals surface area contributed by atoms with Gasteiger partial charge in [0.25, 0.3) is 0 Å². The Kier molecular flexibility index (Phi) is 3.40. The zero-order valence-electron chi connectivity index (χ0n) is 11.4. The van der Waals surface area contributed by atoms with Gasteiger partial charge in [0.15, 0.2) is 11.5 Å².